The molecule has 0 saturated carbocycles. The van der Waals surface area contributed by atoms with Gasteiger partial charge in [0.05, 0.1) is 18.8 Å². The van der Waals surface area contributed by atoms with Crippen molar-refractivity contribution >= 4 is 24.0 Å². The van der Waals surface area contributed by atoms with Crippen LogP contribution in [0.5, 0.6) is 0 Å². The van der Waals surface area contributed by atoms with Crippen LogP contribution in [-0.2, 0) is 11.3 Å². The van der Waals surface area contributed by atoms with Crippen molar-refractivity contribution < 1.29 is 9.84 Å². The van der Waals surface area contributed by atoms with Gasteiger partial charge in [0.2, 0.25) is 0 Å². The second-order valence-corrected chi connectivity index (χ2v) is 6.71. The average Bonchev–Trinajstić information content (AvgIpc) is 2.68. The van der Waals surface area contributed by atoms with E-state index in [1.165, 1.54) is 0 Å². The molecule has 3 aromatic rings. The molecule has 0 spiro atoms. The van der Waals surface area contributed by atoms with Gasteiger partial charge < -0.3 is 15.6 Å². The Morgan fingerprint density at radius 1 is 0.926 bits per heavy atom. The maximum Gasteiger partial charge on any atom is 0.0982 e. The van der Waals surface area contributed by atoms with Gasteiger partial charge in [-0.1, -0.05) is 66.2 Å². The number of methoxy groups -OCH3 is 1. The number of hydrogen-bond donors (Lipinski definition) is 2. The lowest BCUT2D eigenvalue weighted by molar-refractivity contribution is 0.147. The molecule has 3 aromatic carbocycles. The number of benzene rings is 3. The maximum absolute atomic E-state index is 10.6. The van der Waals surface area contributed by atoms with Crippen molar-refractivity contribution in [1.29, 1.82) is 0 Å². The van der Waals surface area contributed by atoms with Gasteiger partial charge in [-0.3, -0.25) is 0 Å². The highest BCUT2D eigenvalue weighted by atomic mass is 35.5. The van der Waals surface area contributed by atoms with Gasteiger partial charge in [-0.25, -0.2) is 0 Å². The fourth-order valence-corrected chi connectivity index (χ4v) is 3.08. The topological polar surface area (TPSA) is 55.5 Å². The van der Waals surface area contributed by atoms with Crippen molar-refractivity contribution in [2.45, 2.75) is 18.8 Å². The molecular formula is C22H23Cl2NO2. The summed E-state index contributed by atoms with van der Waals surface area (Å²) in [5.74, 6) is 0. The molecule has 2 unspecified atom stereocenters. The lowest BCUT2D eigenvalue weighted by Gasteiger charge is -2.20. The Hall–Kier alpha value is -1.88. The SMILES string of the molecule is COCc1cccc(-c2ccc(C(O)C(N)c3ccc(Cl)cc3)cc2)c1.Cl. The molecule has 2 atom stereocenters. The maximum atomic E-state index is 10.6. The molecule has 3 rings (SSSR count). The molecule has 142 valence electrons. The zero-order chi connectivity index (χ0) is 18.5. The van der Waals surface area contributed by atoms with E-state index in [1.54, 1.807) is 19.2 Å². The summed E-state index contributed by atoms with van der Waals surface area (Å²) in [6.07, 6.45) is -0.787. The summed E-state index contributed by atoms with van der Waals surface area (Å²) < 4.78 is 5.19. The Morgan fingerprint density at radius 3 is 2.19 bits per heavy atom. The van der Waals surface area contributed by atoms with Crippen LogP contribution < -0.4 is 5.73 Å². The molecule has 0 fully saturated rings. The Bertz CT molecular complexity index is 851. The minimum atomic E-state index is -0.787. The number of aliphatic hydroxyl groups excluding tert-OH is 1. The summed E-state index contributed by atoms with van der Waals surface area (Å²) in [6.45, 7) is 0.584. The van der Waals surface area contributed by atoms with E-state index < -0.39 is 12.1 Å². The highest BCUT2D eigenvalue weighted by Crippen LogP contribution is 2.29. The van der Waals surface area contributed by atoms with Crippen LogP contribution in [0.4, 0.5) is 0 Å². The van der Waals surface area contributed by atoms with E-state index in [4.69, 9.17) is 22.1 Å². The minimum absolute atomic E-state index is 0. The lowest BCUT2D eigenvalue weighted by atomic mass is 9.94. The second kappa shape index (κ2) is 9.88. The van der Waals surface area contributed by atoms with E-state index in [0.717, 1.165) is 27.8 Å². The zero-order valence-corrected chi connectivity index (χ0v) is 16.6. The second-order valence-electron chi connectivity index (χ2n) is 6.28. The van der Waals surface area contributed by atoms with Crippen LogP contribution in [0.3, 0.4) is 0 Å². The molecule has 0 amide bonds. The molecule has 3 N–H and O–H groups in total. The molecule has 0 aliphatic heterocycles. The summed E-state index contributed by atoms with van der Waals surface area (Å²) in [6, 6.07) is 22.8. The summed E-state index contributed by atoms with van der Waals surface area (Å²) in [7, 11) is 1.69. The predicted molar refractivity (Wildman–Crippen MR) is 113 cm³/mol. The van der Waals surface area contributed by atoms with E-state index in [0.29, 0.717) is 11.6 Å². The fraction of sp³-hybridized carbons (Fsp3) is 0.182. The third-order valence-electron chi connectivity index (χ3n) is 4.42. The first kappa shape index (κ1) is 21.4. The molecule has 5 heteroatoms. The summed E-state index contributed by atoms with van der Waals surface area (Å²) >= 11 is 5.91. The van der Waals surface area contributed by atoms with Crippen molar-refractivity contribution in [2.75, 3.05) is 7.11 Å². The van der Waals surface area contributed by atoms with Crippen molar-refractivity contribution in [3.8, 4) is 11.1 Å². The van der Waals surface area contributed by atoms with Crippen LogP contribution in [0.15, 0.2) is 72.8 Å². The van der Waals surface area contributed by atoms with Crippen LogP contribution in [0.2, 0.25) is 5.02 Å². The van der Waals surface area contributed by atoms with Crippen LogP contribution in [-0.4, -0.2) is 12.2 Å². The van der Waals surface area contributed by atoms with Crippen LogP contribution in [0, 0.1) is 0 Å². The highest BCUT2D eigenvalue weighted by Gasteiger charge is 2.18. The van der Waals surface area contributed by atoms with E-state index in [-0.39, 0.29) is 12.4 Å². The lowest BCUT2D eigenvalue weighted by Crippen LogP contribution is -2.19. The largest absolute Gasteiger partial charge is 0.386 e. The molecule has 0 aromatic heterocycles. The van der Waals surface area contributed by atoms with E-state index in [2.05, 4.69) is 12.1 Å². The quantitative estimate of drug-likeness (QED) is 0.586. The standard InChI is InChI=1S/C22H22ClNO2.ClH/c1-26-14-15-3-2-4-19(13-15)16-5-7-18(8-6-16)22(25)21(24)17-9-11-20(23)12-10-17;/h2-13,21-22,25H,14,24H2,1H3;1H. The third-order valence-corrected chi connectivity index (χ3v) is 4.67. The first-order valence-electron chi connectivity index (χ1n) is 8.46. The van der Waals surface area contributed by atoms with Gasteiger partial charge in [-0.15, -0.1) is 12.4 Å². The van der Waals surface area contributed by atoms with Crippen LogP contribution in [0.1, 0.15) is 28.8 Å². The summed E-state index contributed by atoms with van der Waals surface area (Å²) in [5.41, 5.74) is 11.2. The van der Waals surface area contributed by atoms with Gasteiger partial charge in [0.25, 0.3) is 0 Å². The smallest absolute Gasteiger partial charge is 0.0982 e. The fourth-order valence-electron chi connectivity index (χ4n) is 2.95. The molecule has 0 radical (unpaired) electrons. The van der Waals surface area contributed by atoms with Crippen molar-refractivity contribution in [1.82, 2.24) is 0 Å². The van der Waals surface area contributed by atoms with E-state index in [9.17, 15) is 5.11 Å². The number of rotatable bonds is 6. The number of nitrogens with two attached hydrogens (primary N) is 1. The van der Waals surface area contributed by atoms with Crippen LogP contribution >= 0.6 is 24.0 Å². The van der Waals surface area contributed by atoms with Crippen molar-refractivity contribution in [3.05, 3.63) is 94.5 Å². The highest BCUT2D eigenvalue weighted by molar-refractivity contribution is 6.30. The van der Waals surface area contributed by atoms with Gasteiger partial charge in [-0.2, -0.15) is 0 Å². The number of ether oxygens (including phenoxy) is 1. The van der Waals surface area contributed by atoms with Gasteiger partial charge in [-0.05, 0) is 46.0 Å². The number of halogens is 2. The number of aliphatic hydroxyl groups is 1. The minimum Gasteiger partial charge on any atom is -0.386 e. The molecule has 0 heterocycles. The van der Waals surface area contributed by atoms with Gasteiger partial charge in [0, 0.05) is 12.1 Å². The molecule has 0 aliphatic carbocycles. The Morgan fingerprint density at radius 2 is 1.56 bits per heavy atom. The molecule has 27 heavy (non-hydrogen) atoms. The average molecular weight is 404 g/mol. The normalized spacial score (nSPS) is 12.9. The molecular weight excluding hydrogens is 381 g/mol. The van der Waals surface area contributed by atoms with E-state index in [1.807, 2.05) is 48.5 Å². The van der Waals surface area contributed by atoms with E-state index >= 15 is 0 Å². The summed E-state index contributed by atoms with van der Waals surface area (Å²) in [5, 5.41) is 11.3. The first-order valence-corrected chi connectivity index (χ1v) is 8.83. The molecule has 0 saturated heterocycles. The third kappa shape index (κ3) is 5.32. The Kier molecular flexibility index (Phi) is 7.84. The number of hydrogen-bond acceptors (Lipinski definition) is 3. The zero-order valence-electron chi connectivity index (χ0n) is 15.0. The van der Waals surface area contributed by atoms with Crippen LogP contribution in [0.25, 0.3) is 11.1 Å². The predicted octanol–water partition coefficient (Wildman–Crippen LogP) is 5.31. The van der Waals surface area contributed by atoms with Crippen molar-refractivity contribution in [2.24, 2.45) is 5.73 Å². The van der Waals surface area contributed by atoms with Crippen molar-refractivity contribution in [3.63, 3.8) is 0 Å². The first-order chi connectivity index (χ1) is 12.6. The van der Waals surface area contributed by atoms with Gasteiger partial charge >= 0.3 is 0 Å². The Labute approximate surface area is 171 Å². The molecule has 0 bridgehead atoms. The summed E-state index contributed by atoms with van der Waals surface area (Å²) in [4.78, 5) is 0. The van der Waals surface area contributed by atoms with Gasteiger partial charge in [0.15, 0.2) is 0 Å². The molecule has 3 nitrogen and oxygen atoms in total. The monoisotopic (exact) mass is 403 g/mol. The van der Waals surface area contributed by atoms with Gasteiger partial charge in [0.1, 0.15) is 0 Å². The molecule has 0 aliphatic rings. The Balaban J connectivity index is 0.00000261.